The molecule has 0 fully saturated rings. The molecule has 1 unspecified atom stereocenters. The fourth-order valence-electron chi connectivity index (χ4n) is 2.56. The minimum absolute atomic E-state index is 0.0923. The lowest BCUT2D eigenvalue weighted by molar-refractivity contribution is -0.120. The minimum atomic E-state index is -0.453. The molecule has 6 heteroatoms. The van der Waals surface area contributed by atoms with Gasteiger partial charge >= 0.3 is 6.09 Å². The molecule has 0 aliphatic heterocycles. The van der Waals surface area contributed by atoms with Crippen LogP contribution in [0.2, 0.25) is 0 Å². The Hall–Kier alpha value is -2.24. The van der Waals surface area contributed by atoms with E-state index in [1.807, 2.05) is 25.1 Å². The molecule has 0 aromatic heterocycles. The summed E-state index contributed by atoms with van der Waals surface area (Å²) < 4.78 is 10.2. The third kappa shape index (κ3) is 7.92. The monoisotopic (exact) mass is 350 g/mol. The zero-order valence-corrected chi connectivity index (χ0v) is 15.8. The topological polar surface area (TPSA) is 76.7 Å². The molecule has 0 heterocycles. The lowest BCUT2D eigenvalue weighted by Gasteiger charge is -2.20. The molecule has 0 aliphatic carbocycles. The number of ether oxygens (including phenoxy) is 2. The molecule has 0 aliphatic rings. The number of carbonyl (C=O) groups excluding carboxylic acids is 2. The average molecular weight is 350 g/mol. The van der Waals surface area contributed by atoms with Crippen LogP contribution in [0.5, 0.6) is 5.75 Å². The molecule has 140 valence electrons. The summed E-state index contributed by atoms with van der Waals surface area (Å²) >= 11 is 0. The van der Waals surface area contributed by atoms with E-state index >= 15 is 0 Å². The van der Waals surface area contributed by atoms with Crippen LogP contribution in [0, 0.1) is 12.8 Å². The molecule has 0 radical (unpaired) electrons. The number of hydrogen-bond donors (Lipinski definition) is 2. The summed E-state index contributed by atoms with van der Waals surface area (Å²) in [5.74, 6) is 1.07. The predicted molar refractivity (Wildman–Crippen MR) is 97.8 cm³/mol. The average Bonchev–Trinajstić information content (AvgIpc) is 2.54. The maximum absolute atomic E-state index is 12.2. The molecular weight excluding hydrogens is 320 g/mol. The molecule has 0 saturated carbocycles. The number of amides is 2. The molecule has 1 aromatic rings. The molecule has 2 N–H and O–H groups in total. The zero-order valence-electron chi connectivity index (χ0n) is 15.8. The van der Waals surface area contributed by atoms with E-state index in [0.717, 1.165) is 23.3 Å². The molecular formula is C19H30N2O4. The van der Waals surface area contributed by atoms with Gasteiger partial charge < -0.3 is 20.1 Å². The Labute approximate surface area is 150 Å². The summed E-state index contributed by atoms with van der Waals surface area (Å²) in [6.07, 6.45) is 0.577. The maximum atomic E-state index is 12.2. The van der Waals surface area contributed by atoms with Gasteiger partial charge in [-0.15, -0.1) is 0 Å². The van der Waals surface area contributed by atoms with Crippen molar-refractivity contribution in [2.45, 2.75) is 46.6 Å². The van der Waals surface area contributed by atoms with Crippen LogP contribution in [0.4, 0.5) is 4.79 Å². The molecule has 0 spiro atoms. The van der Waals surface area contributed by atoms with Crippen LogP contribution in [0.25, 0.3) is 0 Å². The number of aryl methyl sites for hydroxylation is 1. The van der Waals surface area contributed by atoms with Gasteiger partial charge in [-0.2, -0.15) is 0 Å². The number of carbonyl (C=O) groups is 2. The van der Waals surface area contributed by atoms with Crippen LogP contribution < -0.4 is 15.4 Å². The standard InChI is InChI=1S/C19H30N2O4/c1-6-25-19(23)21-16(9-13(2)3)12-20-18(22)11-15-8-7-14(4)17(10-15)24-5/h7-8,10,13,16H,6,9,11-12H2,1-5H3,(H,20,22)(H,21,23). The highest BCUT2D eigenvalue weighted by molar-refractivity contribution is 5.78. The highest BCUT2D eigenvalue weighted by atomic mass is 16.5. The van der Waals surface area contributed by atoms with E-state index in [4.69, 9.17) is 9.47 Å². The van der Waals surface area contributed by atoms with Crippen molar-refractivity contribution < 1.29 is 19.1 Å². The summed E-state index contributed by atoms with van der Waals surface area (Å²) in [5.41, 5.74) is 1.92. The first-order chi connectivity index (χ1) is 11.8. The summed E-state index contributed by atoms with van der Waals surface area (Å²) in [4.78, 5) is 23.8. The second-order valence-corrected chi connectivity index (χ2v) is 6.48. The van der Waals surface area contributed by atoms with Gasteiger partial charge in [0.2, 0.25) is 5.91 Å². The van der Waals surface area contributed by atoms with E-state index in [1.165, 1.54) is 0 Å². The Morgan fingerprint density at radius 1 is 1.24 bits per heavy atom. The molecule has 1 rings (SSSR count). The SMILES string of the molecule is CCOC(=O)NC(CNC(=O)Cc1ccc(C)c(OC)c1)CC(C)C. The summed E-state index contributed by atoms with van der Waals surface area (Å²) in [6.45, 7) is 8.55. The summed E-state index contributed by atoms with van der Waals surface area (Å²) in [6, 6.07) is 5.57. The third-order valence-electron chi connectivity index (χ3n) is 3.74. The van der Waals surface area contributed by atoms with E-state index < -0.39 is 6.09 Å². The Balaban J connectivity index is 2.56. The van der Waals surface area contributed by atoms with Gasteiger partial charge in [0.05, 0.1) is 20.1 Å². The molecule has 1 atom stereocenters. The van der Waals surface area contributed by atoms with Crippen molar-refractivity contribution in [3.63, 3.8) is 0 Å². The molecule has 0 saturated heterocycles. The molecule has 2 amide bonds. The Morgan fingerprint density at radius 3 is 2.56 bits per heavy atom. The number of benzene rings is 1. The van der Waals surface area contributed by atoms with E-state index in [0.29, 0.717) is 19.1 Å². The fraction of sp³-hybridized carbons (Fsp3) is 0.579. The normalized spacial score (nSPS) is 11.8. The Morgan fingerprint density at radius 2 is 1.96 bits per heavy atom. The Kier molecular flexibility index (Phi) is 8.81. The predicted octanol–water partition coefficient (Wildman–Crippen LogP) is 2.82. The van der Waals surface area contributed by atoms with E-state index in [-0.39, 0.29) is 18.4 Å². The van der Waals surface area contributed by atoms with E-state index in [1.54, 1.807) is 14.0 Å². The highest BCUT2D eigenvalue weighted by Gasteiger charge is 2.16. The van der Waals surface area contributed by atoms with Crippen molar-refractivity contribution in [1.82, 2.24) is 10.6 Å². The van der Waals surface area contributed by atoms with Gasteiger partial charge in [0.25, 0.3) is 0 Å². The van der Waals surface area contributed by atoms with Gasteiger partial charge in [-0.3, -0.25) is 4.79 Å². The lowest BCUT2D eigenvalue weighted by Crippen LogP contribution is -2.44. The van der Waals surface area contributed by atoms with Gasteiger partial charge in [-0.25, -0.2) is 4.79 Å². The van der Waals surface area contributed by atoms with Gasteiger partial charge in [0, 0.05) is 12.6 Å². The van der Waals surface area contributed by atoms with Crippen LogP contribution in [-0.2, 0) is 16.0 Å². The number of alkyl carbamates (subject to hydrolysis) is 1. The van der Waals surface area contributed by atoms with Crippen molar-refractivity contribution >= 4 is 12.0 Å². The van der Waals surface area contributed by atoms with Crippen LogP contribution in [0.1, 0.15) is 38.3 Å². The van der Waals surface area contributed by atoms with E-state index in [2.05, 4.69) is 24.5 Å². The van der Waals surface area contributed by atoms with Gasteiger partial charge in [-0.05, 0) is 43.4 Å². The third-order valence-corrected chi connectivity index (χ3v) is 3.74. The van der Waals surface area contributed by atoms with Crippen molar-refractivity contribution in [3.05, 3.63) is 29.3 Å². The van der Waals surface area contributed by atoms with Crippen molar-refractivity contribution in [3.8, 4) is 5.75 Å². The number of methoxy groups -OCH3 is 1. The first-order valence-corrected chi connectivity index (χ1v) is 8.69. The smallest absolute Gasteiger partial charge is 0.407 e. The first-order valence-electron chi connectivity index (χ1n) is 8.69. The van der Waals surface area contributed by atoms with E-state index in [9.17, 15) is 9.59 Å². The minimum Gasteiger partial charge on any atom is -0.496 e. The second kappa shape index (κ2) is 10.6. The maximum Gasteiger partial charge on any atom is 0.407 e. The largest absolute Gasteiger partial charge is 0.496 e. The number of nitrogens with one attached hydrogen (secondary N) is 2. The Bertz CT molecular complexity index is 573. The van der Waals surface area contributed by atoms with Gasteiger partial charge in [0.15, 0.2) is 0 Å². The van der Waals surface area contributed by atoms with Gasteiger partial charge in [0.1, 0.15) is 5.75 Å². The molecule has 25 heavy (non-hydrogen) atoms. The fourth-order valence-corrected chi connectivity index (χ4v) is 2.56. The first kappa shape index (κ1) is 20.8. The summed E-state index contributed by atoms with van der Waals surface area (Å²) in [5, 5.41) is 5.68. The van der Waals surface area contributed by atoms with Crippen molar-refractivity contribution in [2.75, 3.05) is 20.3 Å². The number of hydrogen-bond acceptors (Lipinski definition) is 4. The van der Waals surface area contributed by atoms with Crippen molar-refractivity contribution in [1.29, 1.82) is 0 Å². The lowest BCUT2D eigenvalue weighted by atomic mass is 10.0. The van der Waals surface area contributed by atoms with Gasteiger partial charge in [-0.1, -0.05) is 26.0 Å². The molecule has 1 aromatic carbocycles. The van der Waals surface area contributed by atoms with Crippen LogP contribution >= 0.6 is 0 Å². The summed E-state index contributed by atoms with van der Waals surface area (Å²) in [7, 11) is 1.61. The van der Waals surface area contributed by atoms with Crippen LogP contribution in [0.3, 0.4) is 0 Å². The van der Waals surface area contributed by atoms with Crippen molar-refractivity contribution in [2.24, 2.45) is 5.92 Å². The zero-order chi connectivity index (χ0) is 18.8. The highest BCUT2D eigenvalue weighted by Crippen LogP contribution is 2.19. The molecule has 6 nitrogen and oxygen atoms in total. The quantitative estimate of drug-likeness (QED) is 0.718. The van der Waals surface area contributed by atoms with Crippen LogP contribution in [0.15, 0.2) is 18.2 Å². The van der Waals surface area contributed by atoms with Crippen LogP contribution in [-0.4, -0.2) is 38.3 Å². The second-order valence-electron chi connectivity index (χ2n) is 6.48. The molecule has 0 bridgehead atoms. The number of rotatable bonds is 9.